The van der Waals surface area contributed by atoms with Gasteiger partial charge in [0.05, 0.1) is 6.21 Å². The van der Waals surface area contributed by atoms with E-state index in [1.807, 2.05) is 60.7 Å². The van der Waals surface area contributed by atoms with Crippen LogP contribution in [0.1, 0.15) is 21.7 Å². The van der Waals surface area contributed by atoms with E-state index < -0.39 is 5.91 Å². The Morgan fingerprint density at radius 2 is 1.73 bits per heavy atom. The van der Waals surface area contributed by atoms with Gasteiger partial charge in [-0.05, 0) is 46.7 Å². The smallest absolute Gasteiger partial charge is 0.307 e. The van der Waals surface area contributed by atoms with Crippen LogP contribution in [0.15, 0.2) is 105 Å². The molecule has 5 nitrogen and oxygen atoms in total. The van der Waals surface area contributed by atoms with Gasteiger partial charge in [0.25, 0.3) is 0 Å². The summed E-state index contributed by atoms with van der Waals surface area (Å²) < 4.78 is 12.6. The van der Waals surface area contributed by atoms with Crippen LogP contribution in [-0.4, -0.2) is 12.1 Å². The van der Waals surface area contributed by atoms with Crippen molar-refractivity contribution in [2.24, 2.45) is 5.10 Å². The maximum absolute atomic E-state index is 12.4. The number of hydrogen-bond acceptors (Lipinski definition) is 4. The third-order valence-corrected chi connectivity index (χ3v) is 5.75. The summed E-state index contributed by atoms with van der Waals surface area (Å²) in [5, 5.41) is 7.30. The fraction of sp³-hybridized carbons (Fsp3) is 0.0370. The molecule has 0 aliphatic heterocycles. The van der Waals surface area contributed by atoms with Crippen LogP contribution < -0.4 is 10.2 Å². The van der Waals surface area contributed by atoms with E-state index in [4.69, 9.17) is 9.15 Å². The minimum Gasteiger partial charge on any atom is -0.488 e. The van der Waals surface area contributed by atoms with Gasteiger partial charge in [0.1, 0.15) is 17.9 Å². The summed E-state index contributed by atoms with van der Waals surface area (Å²) in [7, 11) is 0. The molecule has 0 saturated carbocycles. The highest BCUT2D eigenvalue weighted by Crippen LogP contribution is 2.25. The summed E-state index contributed by atoms with van der Waals surface area (Å²) in [6.45, 7) is 0.412. The second kappa shape index (κ2) is 9.30. The number of hydrazone groups is 1. The minimum absolute atomic E-state index is 0.204. The molecule has 4 aromatic carbocycles. The maximum atomic E-state index is 12.4. The van der Waals surface area contributed by atoms with Gasteiger partial charge in [0.2, 0.25) is 0 Å². The molecule has 162 valence electrons. The largest absolute Gasteiger partial charge is 0.488 e. The third kappa shape index (κ3) is 4.66. The van der Waals surface area contributed by atoms with Crippen LogP contribution in [0.4, 0.5) is 0 Å². The van der Waals surface area contributed by atoms with E-state index in [0.717, 1.165) is 26.4 Å². The number of nitrogens with zero attached hydrogens (tertiary/aromatic N) is 1. The highest BCUT2D eigenvalue weighted by atomic mass is 79.9. The second-order valence-corrected chi connectivity index (χ2v) is 8.37. The summed E-state index contributed by atoms with van der Waals surface area (Å²) in [6, 6.07) is 29.2. The molecule has 0 saturated heterocycles. The first-order valence-electron chi connectivity index (χ1n) is 10.4. The van der Waals surface area contributed by atoms with Crippen molar-refractivity contribution in [2.45, 2.75) is 6.61 Å². The van der Waals surface area contributed by atoms with Gasteiger partial charge in [-0.25, -0.2) is 5.43 Å². The lowest BCUT2D eigenvalue weighted by Crippen LogP contribution is -2.16. The number of para-hydroxylation sites is 1. The van der Waals surface area contributed by atoms with E-state index in [0.29, 0.717) is 17.9 Å². The van der Waals surface area contributed by atoms with E-state index in [-0.39, 0.29) is 5.76 Å². The SMILES string of the molecule is O=C(N/N=C/c1cc(Br)ccc1OCc1cccc2ccccc12)c1cc2ccccc2o1. The predicted molar refractivity (Wildman–Crippen MR) is 134 cm³/mol. The normalized spacial score (nSPS) is 11.3. The predicted octanol–water partition coefficient (Wildman–Crippen LogP) is 6.69. The van der Waals surface area contributed by atoms with Crippen LogP contribution in [0.5, 0.6) is 5.75 Å². The standard InChI is InChI=1S/C27H19BrN2O3/c28-22-12-13-24(32-17-20-9-5-8-18-6-1-3-10-23(18)20)21(14-22)16-29-30-27(31)26-15-19-7-2-4-11-25(19)33-26/h1-16H,17H2,(H,30,31)/b29-16+. The monoisotopic (exact) mass is 498 g/mol. The molecule has 0 radical (unpaired) electrons. The van der Waals surface area contributed by atoms with Crippen molar-refractivity contribution < 1.29 is 13.9 Å². The quantitative estimate of drug-likeness (QED) is 0.209. The van der Waals surface area contributed by atoms with Crippen molar-refractivity contribution in [1.82, 2.24) is 5.43 Å². The molecule has 1 heterocycles. The summed E-state index contributed by atoms with van der Waals surface area (Å²) in [6.07, 6.45) is 1.56. The number of hydrogen-bond donors (Lipinski definition) is 1. The summed E-state index contributed by atoms with van der Waals surface area (Å²) in [4.78, 5) is 12.4. The lowest BCUT2D eigenvalue weighted by molar-refractivity contribution is 0.0929. The summed E-state index contributed by atoms with van der Waals surface area (Å²) in [5.41, 5.74) is 5.00. The zero-order valence-corrected chi connectivity index (χ0v) is 19.1. The van der Waals surface area contributed by atoms with Crippen molar-refractivity contribution in [3.05, 3.63) is 112 Å². The molecule has 0 unspecified atom stereocenters. The van der Waals surface area contributed by atoms with Gasteiger partial charge in [-0.3, -0.25) is 4.79 Å². The van der Waals surface area contributed by atoms with Gasteiger partial charge in [0, 0.05) is 15.4 Å². The molecule has 0 atom stereocenters. The zero-order chi connectivity index (χ0) is 22.6. The molecular weight excluding hydrogens is 480 g/mol. The zero-order valence-electron chi connectivity index (χ0n) is 17.5. The van der Waals surface area contributed by atoms with Gasteiger partial charge in [0.15, 0.2) is 5.76 Å². The minimum atomic E-state index is -0.421. The van der Waals surface area contributed by atoms with Crippen molar-refractivity contribution in [3.8, 4) is 5.75 Å². The first-order chi connectivity index (χ1) is 16.2. The molecule has 0 fully saturated rings. The Kier molecular flexibility index (Phi) is 5.91. The number of amides is 1. The summed E-state index contributed by atoms with van der Waals surface area (Å²) in [5.74, 6) is 0.443. The Labute approximate surface area is 198 Å². The lowest BCUT2D eigenvalue weighted by Gasteiger charge is -2.11. The fourth-order valence-electron chi connectivity index (χ4n) is 3.63. The number of fused-ring (bicyclic) bond motifs is 2. The summed E-state index contributed by atoms with van der Waals surface area (Å²) >= 11 is 3.48. The molecule has 5 aromatic rings. The molecule has 0 spiro atoms. The highest BCUT2D eigenvalue weighted by molar-refractivity contribution is 9.10. The van der Waals surface area contributed by atoms with E-state index in [2.05, 4.69) is 50.7 Å². The topological polar surface area (TPSA) is 63.8 Å². The van der Waals surface area contributed by atoms with Crippen molar-refractivity contribution in [1.29, 1.82) is 0 Å². The maximum Gasteiger partial charge on any atom is 0.307 e. The number of benzene rings is 4. The van der Waals surface area contributed by atoms with Gasteiger partial charge >= 0.3 is 5.91 Å². The van der Waals surface area contributed by atoms with E-state index in [9.17, 15) is 4.79 Å². The van der Waals surface area contributed by atoms with E-state index >= 15 is 0 Å². The van der Waals surface area contributed by atoms with E-state index in [1.165, 1.54) is 5.39 Å². The molecule has 0 bridgehead atoms. The van der Waals surface area contributed by atoms with Gasteiger partial charge in [-0.15, -0.1) is 0 Å². The molecule has 33 heavy (non-hydrogen) atoms. The average molecular weight is 499 g/mol. The first-order valence-corrected chi connectivity index (χ1v) is 11.2. The van der Waals surface area contributed by atoms with E-state index in [1.54, 1.807) is 12.3 Å². The molecule has 0 aliphatic carbocycles. The Bertz CT molecular complexity index is 1450. The van der Waals surface area contributed by atoms with Crippen LogP contribution in [0.3, 0.4) is 0 Å². The molecule has 1 aromatic heterocycles. The Morgan fingerprint density at radius 3 is 2.61 bits per heavy atom. The lowest BCUT2D eigenvalue weighted by atomic mass is 10.1. The third-order valence-electron chi connectivity index (χ3n) is 5.25. The van der Waals surface area contributed by atoms with Crippen LogP contribution >= 0.6 is 15.9 Å². The van der Waals surface area contributed by atoms with Crippen LogP contribution in [0, 0.1) is 0 Å². The van der Waals surface area contributed by atoms with Crippen molar-refractivity contribution in [3.63, 3.8) is 0 Å². The molecular formula is C27H19BrN2O3. The number of carbonyl (C=O) groups excluding carboxylic acids is 1. The molecule has 1 N–H and O–H groups in total. The Hall–Kier alpha value is -3.90. The molecule has 6 heteroatoms. The van der Waals surface area contributed by atoms with Crippen LogP contribution in [0.2, 0.25) is 0 Å². The van der Waals surface area contributed by atoms with Crippen molar-refractivity contribution in [2.75, 3.05) is 0 Å². The first kappa shape index (κ1) is 21.0. The Balaban J connectivity index is 1.31. The number of nitrogens with one attached hydrogen (secondary N) is 1. The number of halogens is 1. The number of carbonyl (C=O) groups is 1. The fourth-order valence-corrected chi connectivity index (χ4v) is 4.01. The van der Waals surface area contributed by atoms with Gasteiger partial charge in [-0.1, -0.05) is 76.6 Å². The Morgan fingerprint density at radius 1 is 0.939 bits per heavy atom. The number of furan rings is 1. The average Bonchev–Trinajstić information content (AvgIpc) is 3.28. The number of rotatable bonds is 6. The second-order valence-electron chi connectivity index (χ2n) is 7.46. The number of ether oxygens (including phenoxy) is 1. The molecule has 0 aliphatic rings. The highest BCUT2D eigenvalue weighted by Gasteiger charge is 2.11. The van der Waals surface area contributed by atoms with Crippen molar-refractivity contribution >= 4 is 49.8 Å². The van der Waals surface area contributed by atoms with Gasteiger partial charge in [-0.2, -0.15) is 5.10 Å². The van der Waals surface area contributed by atoms with Crippen LogP contribution in [-0.2, 0) is 6.61 Å². The van der Waals surface area contributed by atoms with Gasteiger partial charge < -0.3 is 9.15 Å². The molecule has 1 amide bonds. The van der Waals surface area contributed by atoms with Crippen LogP contribution in [0.25, 0.3) is 21.7 Å². The molecule has 5 rings (SSSR count).